The summed E-state index contributed by atoms with van der Waals surface area (Å²) in [6, 6.07) is 7.66. The van der Waals surface area contributed by atoms with Crippen molar-refractivity contribution in [1.29, 1.82) is 0 Å². The predicted molar refractivity (Wildman–Crippen MR) is 68.7 cm³/mol. The van der Waals surface area contributed by atoms with Crippen LogP contribution in [0.1, 0.15) is 25.3 Å². The summed E-state index contributed by atoms with van der Waals surface area (Å²) in [5, 5.41) is 3.81. The molecule has 0 bridgehead atoms. The van der Waals surface area contributed by atoms with E-state index < -0.39 is 0 Å². The van der Waals surface area contributed by atoms with Crippen molar-refractivity contribution in [3.05, 3.63) is 34.9 Å². The molecule has 0 saturated heterocycles. The third-order valence-electron chi connectivity index (χ3n) is 3.31. The van der Waals surface area contributed by atoms with Crippen LogP contribution < -0.4 is 11.1 Å². The lowest BCUT2D eigenvalue weighted by Crippen LogP contribution is -2.40. The molecule has 92 valence electrons. The first kappa shape index (κ1) is 12.4. The van der Waals surface area contributed by atoms with Crippen LogP contribution in [0.3, 0.4) is 0 Å². The van der Waals surface area contributed by atoms with E-state index in [2.05, 4.69) is 5.32 Å². The van der Waals surface area contributed by atoms with E-state index in [0.29, 0.717) is 11.6 Å². The molecule has 0 radical (unpaired) electrons. The van der Waals surface area contributed by atoms with Crippen molar-refractivity contribution >= 4 is 17.5 Å². The Labute approximate surface area is 106 Å². The first-order valence-corrected chi connectivity index (χ1v) is 6.23. The highest BCUT2D eigenvalue weighted by atomic mass is 35.5. The number of benzene rings is 1. The van der Waals surface area contributed by atoms with Crippen LogP contribution in [0, 0.1) is 5.92 Å². The van der Waals surface area contributed by atoms with Crippen LogP contribution in [0.4, 0.5) is 0 Å². The van der Waals surface area contributed by atoms with Gasteiger partial charge in [-0.3, -0.25) is 4.79 Å². The first-order chi connectivity index (χ1) is 8.07. The molecular weight excluding hydrogens is 236 g/mol. The summed E-state index contributed by atoms with van der Waals surface area (Å²) in [5.74, 6) is -0.111. The lowest BCUT2D eigenvalue weighted by Gasteiger charge is -2.20. The Morgan fingerprint density at radius 3 is 2.53 bits per heavy atom. The molecule has 3 nitrogen and oxygen atoms in total. The number of carbonyl (C=O) groups excluding carboxylic acids is 1. The molecule has 1 aromatic carbocycles. The third kappa shape index (κ3) is 2.61. The lowest BCUT2D eigenvalue weighted by atomic mass is 10.0. The highest BCUT2D eigenvalue weighted by molar-refractivity contribution is 6.30. The van der Waals surface area contributed by atoms with E-state index in [1.807, 2.05) is 31.2 Å². The number of carbonyl (C=O) groups is 1. The van der Waals surface area contributed by atoms with Crippen molar-refractivity contribution in [2.24, 2.45) is 11.7 Å². The van der Waals surface area contributed by atoms with Gasteiger partial charge in [0, 0.05) is 17.5 Å². The number of hydrogen-bond acceptors (Lipinski definition) is 2. The number of halogens is 1. The molecular formula is C13H17ClN2O. The van der Waals surface area contributed by atoms with Crippen LogP contribution in [0.2, 0.25) is 5.02 Å². The van der Waals surface area contributed by atoms with Gasteiger partial charge in [0.2, 0.25) is 5.91 Å². The summed E-state index contributed by atoms with van der Waals surface area (Å²) in [6.07, 6.45) is 1.97. The SMILES string of the molecule is CC(CN)C(=O)NC1(c2ccc(Cl)cc2)CC1. The van der Waals surface area contributed by atoms with E-state index in [4.69, 9.17) is 17.3 Å². The van der Waals surface area contributed by atoms with Crippen molar-refractivity contribution in [3.63, 3.8) is 0 Å². The Morgan fingerprint density at radius 2 is 2.06 bits per heavy atom. The monoisotopic (exact) mass is 252 g/mol. The average Bonchev–Trinajstić information content (AvgIpc) is 3.09. The molecule has 0 heterocycles. The molecule has 1 unspecified atom stereocenters. The number of hydrogen-bond donors (Lipinski definition) is 2. The molecule has 3 N–H and O–H groups in total. The quantitative estimate of drug-likeness (QED) is 0.862. The molecule has 1 fully saturated rings. The molecule has 0 aliphatic heterocycles. The molecule has 17 heavy (non-hydrogen) atoms. The molecule has 2 rings (SSSR count). The number of nitrogens with two attached hydrogens (primary N) is 1. The van der Waals surface area contributed by atoms with Gasteiger partial charge in [0.05, 0.1) is 5.54 Å². The largest absolute Gasteiger partial charge is 0.346 e. The van der Waals surface area contributed by atoms with E-state index in [1.54, 1.807) is 0 Å². The molecule has 1 aromatic rings. The maximum atomic E-state index is 11.9. The summed E-state index contributed by atoms with van der Waals surface area (Å²) in [7, 11) is 0. The van der Waals surface area contributed by atoms with Crippen molar-refractivity contribution < 1.29 is 4.79 Å². The van der Waals surface area contributed by atoms with Crippen molar-refractivity contribution in [1.82, 2.24) is 5.32 Å². The van der Waals surface area contributed by atoms with Gasteiger partial charge in [-0.05, 0) is 30.5 Å². The Bertz CT molecular complexity index is 412. The minimum Gasteiger partial charge on any atom is -0.346 e. The Hall–Kier alpha value is -1.06. The highest BCUT2D eigenvalue weighted by Gasteiger charge is 2.45. The van der Waals surface area contributed by atoms with Gasteiger partial charge in [0.1, 0.15) is 0 Å². The number of nitrogens with one attached hydrogen (secondary N) is 1. The molecule has 1 saturated carbocycles. The molecule has 1 aliphatic carbocycles. The van der Waals surface area contributed by atoms with E-state index in [0.717, 1.165) is 18.4 Å². The second-order valence-corrected chi connectivity index (χ2v) is 5.15. The summed E-state index contributed by atoms with van der Waals surface area (Å²) in [6.45, 7) is 2.22. The fourth-order valence-corrected chi connectivity index (χ4v) is 1.97. The van der Waals surface area contributed by atoms with Crippen LogP contribution in [-0.2, 0) is 10.3 Å². The molecule has 1 aliphatic rings. The second kappa shape index (κ2) is 4.67. The zero-order chi connectivity index (χ0) is 12.5. The minimum atomic E-state index is -0.175. The minimum absolute atomic E-state index is 0.0277. The van der Waals surface area contributed by atoms with Crippen LogP contribution in [0.25, 0.3) is 0 Å². The summed E-state index contributed by atoms with van der Waals surface area (Å²) in [5.41, 5.74) is 6.44. The van der Waals surface area contributed by atoms with Gasteiger partial charge in [-0.25, -0.2) is 0 Å². The Kier molecular flexibility index (Phi) is 3.40. The number of amides is 1. The fraction of sp³-hybridized carbons (Fsp3) is 0.462. The maximum Gasteiger partial charge on any atom is 0.224 e. The lowest BCUT2D eigenvalue weighted by molar-refractivity contribution is -0.125. The molecule has 1 atom stereocenters. The van der Waals surface area contributed by atoms with E-state index in [9.17, 15) is 4.79 Å². The zero-order valence-corrected chi connectivity index (χ0v) is 10.6. The number of rotatable bonds is 4. The molecule has 0 spiro atoms. The summed E-state index contributed by atoms with van der Waals surface area (Å²) < 4.78 is 0. The van der Waals surface area contributed by atoms with E-state index in [-0.39, 0.29) is 17.4 Å². The van der Waals surface area contributed by atoms with Gasteiger partial charge in [-0.1, -0.05) is 30.7 Å². The van der Waals surface area contributed by atoms with Crippen LogP contribution in [-0.4, -0.2) is 12.5 Å². The third-order valence-corrected chi connectivity index (χ3v) is 3.56. The van der Waals surface area contributed by atoms with Gasteiger partial charge in [-0.15, -0.1) is 0 Å². The van der Waals surface area contributed by atoms with Crippen molar-refractivity contribution in [2.45, 2.75) is 25.3 Å². The van der Waals surface area contributed by atoms with Gasteiger partial charge < -0.3 is 11.1 Å². The summed E-state index contributed by atoms with van der Waals surface area (Å²) in [4.78, 5) is 11.9. The van der Waals surface area contributed by atoms with Gasteiger partial charge >= 0.3 is 0 Å². The topological polar surface area (TPSA) is 55.1 Å². The zero-order valence-electron chi connectivity index (χ0n) is 9.87. The smallest absolute Gasteiger partial charge is 0.224 e. The van der Waals surface area contributed by atoms with Gasteiger partial charge in [0.15, 0.2) is 0 Å². The maximum absolute atomic E-state index is 11.9. The van der Waals surface area contributed by atoms with Gasteiger partial charge in [0.25, 0.3) is 0 Å². The molecule has 0 aromatic heterocycles. The fourth-order valence-electron chi connectivity index (χ4n) is 1.85. The highest BCUT2D eigenvalue weighted by Crippen LogP contribution is 2.45. The molecule has 1 amide bonds. The standard InChI is InChI=1S/C13H17ClN2O/c1-9(8-15)12(17)16-13(6-7-13)10-2-4-11(14)5-3-10/h2-5,9H,6-8,15H2,1H3,(H,16,17). The second-order valence-electron chi connectivity index (χ2n) is 4.72. The normalized spacial score (nSPS) is 18.5. The van der Waals surface area contributed by atoms with Crippen LogP contribution >= 0.6 is 11.6 Å². The average molecular weight is 253 g/mol. The molecule has 4 heteroatoms. The summed E-state index contributed by atoms with van der Waals surface area (Å²) >= 11 is 5.86. The Morgan fingerprint density at radius 1 is 1.47 bits per heavy atom. The predicted octanol–water partition coefficient (Wildman–Crippen LogP) is 2.04. The Balaban J connectivity index is 2.10. The van der Waals surface area contributed by atoms with Crippen molar-refractivity contribution in [3.8, 4) is 0 Å². The first-order valence-electron chi connectivity index (χ1n) is 5.85. The van der Waals surface area contributed by atoms with Gasteiger partial charge in [-0.2, -0.15) is 0 Å². The van der Waals surface area contributed by atoms with Crippen LogP contribution in [0.5, 0.6) is 0 Å². The van der Waals surface area contributed by atoms with Crippen LogP contribution in [0.15, 0.2) is 24.3 Å². The van der Waals surface area contributed by atoms with Crippen molar-refractivity contribution in [2.75, 3.05) is 6.54 Å². The van der Waals surface area contributed by atoms with E-state index >= 15 is 0 Å². The van der Waals surface area contributed by atoms with E-state index in [1.165, 1.54) is 0 Å².